The number of hydrogen-bond acceptors (Lipinski definition) is 3. The minimum absolute atomic E-state index is 0.197. The molecule has 0 aliphatic heterocycles. The number of carboxylic acids is 1. The van der Waals surface area contributed by atoms with Crippen molar-refractivity contribution < 1.29 is 15.0 Å². The lowest BCUT2D eigenvalue weighted by molar-refractivity contribution is 0.0697. The number of carboxylic acid groups (broad SMARTS) is 1. The number of benzene rings is 1. The van der Waals surface area contributed by atoms with E-state index in [4.69, 9.17) is 5.11 Å². The number of nitrogens with zero attached hydrogens (tertiary/aromatic N) is 1. The van der Waals surface area contributed by atoms with Gasteiger partial charge in [-0.15, -0.1) is 0 Å². The highest BCUT2D eigenvalue weighted by molar-refractivity contribution is 5.92. The van der Waals surface area contributed by atoms with Gasteiger partial charge in [0.15, 0.2) is 0 Å². The van der Waals surface area contributed by atoms with E-state index in [9.17, 15) is 9.90 Å². The van der Waals surface area contributed by atoms with Crippen molar-refractivity contribution in [3.05, 3.63) is 29.6 Å². The number of carbonyl (C=O) groups is 1. The minimum atomic E-state index is -0.981. The Morgan fingerprint density at radius 3 is 2.87 bits per heavy atom. The number of hydrogen-bond donors (Lipinski definition) is 3. The molecule has 78 valence electrons. The number of aliphatic hydroxyl groups is 1. The van der Waals surface area contributed by atoms with E-state index in [0.717, 1.165) is 0 Å². The summed E-state index contributed by atoms with van der Waals surface area (Å²) in [4.78, 5) is 17.7. The second-order valence-corrected chi connectivity index (χ2v) is 3.34. The molecule has 0 saturated heterocycles. The van der Waals surface area contributed by atoms with E-state index in [2.05, 4.69) is 9.97 Å². The van der Waals surface area contributed by atoms with Crippen molar-refractivity contribution in [3.8, 4) is 0 Å². The number of aromatic carboxylic acids is 1. The number of aromatic amines is 1. The van der Waals surface area contributed by atoms with Crippen LogP contribution in [0.5, 0.6) is 0 Å². The van der Waals surface area contributed by atoms with E-state index >= 15 is 0 Å². The fourth-order valence-electron chi connectivity index (χ4n) is 1.36. The molecule has 15 heavy (non-hydrogen) atoms. The van der Waals surface area contributed by atoms with E-state index in [-0.39, 0.29) is 5.56 Å². The molecule has 1 atom stereocenters. The fraction of sp³-hybridized carbons (Fsp3) is 0.200. The highest BCUT2D eigenvalue weighted by Crippen LogP contribution is 2.17. The number of fused-ring (bicyclic) bond motifs is 1. The topological polar surface area (TPSA) is 86.2 Å². The van der Waals surface area contributed by atoms with E-state index < -0.39 is 12.1 Å². The molecule has 1 aromatic heterocycles. The molecular formula is C10H10N2O3. The molecule has 0 radical (unpaired) electrons. The Balaban J connectivity index is 2.57. The van der Waals surface area contributed by atoms with Crippen LogP contribution in [0.25, 0.3) is 11.0 Å². The summed E-state index contributed by atoms with van der Waals surface area (Å²) in [5, 5.41) is 18.1. The summed E-state index contributed by atoms with van der Waals surface area (Å²) < 4.78 is 0. The van der Waals surface area contributed by atoms with Crippen molar-refractivity contribution in [2.45, 2.75) is 13.0 Å². The zero-order chi connectivity index (χ0) is 11.0. The largest absolute Gasteiger partial charge is 0.478 e. The Morgan fingerprint density at radius 2 is 2.27 bits per heavy atom. The predicted molar refractivity (Wildman–Crippen MR) is 53.7 cm³/mol. The van der Waals surface area contributed by atoms with Gasteiger partial charge in [0.05, 0.1) is 16.6 Å². The lowest BCUT2D eigenvalue weighted by atomic mass is 10.2. The molecule has 2 aromatic rings. The lowest BCUT2D eigenvalue weighted by Gasteiger charge is -1.95. The van der Waals surface area contributed by atoms with Gasteiger partial charge in [-0.25, -0.2) is 9.78 Å². The molecule has 0 spiro atoms. The van der Waals surface area contributed by atoms with Crippen LogP contribution in [0.4, 0.5) is 0 Å². The average Bonchev–Trinajstić information content (AvgIpc) is 2.59. The maximum Gasteiger partial charge on any atom is 0.335 e. The summed E-state index contributed by atoms with van der Waals surface area (Å²) in [5.74, 6) is -0.544. The van der Waals surface area contributed by atoms with Gasteiger partial charge in [0.25, 0.3) is 0 Å². The second kappa shape index (κ2) is 3.36. The van der Waals surface area contributed by atoms with Crippen molar-refractivity contribution in [1.29, 1.82) is 0 Å². The number of aliphatic hydroxyl groups excluding tert-OH is 1. The predicted octanol–water partition coefficient (Wildman–Crippen LogP) is 1.31. The first-order chi connectivity index (χ1) is 7.08. The Labute approximate surface area is 85.4 Å². The third kappa shape index (κ3) is 1.69. The summed E-state index contributed by atoms with van der Waals surface area (Å²) >= 11 is 0. The molecule has 3 N–H and O–H groups in total. The minimum Gasteiger partial charge on any atom is -0.478 e. The van der Waals surface area contributed by atoms with Crippen molar-refractivity contribution >= 4 is 17.0 Å². The lowest BCUT2D eigenvalue weighted by Crippen LogP contribution is -1.94. The van der Waals surface area contributed by atoms with E-state index in [1.807, 2.05) is 0 Å². The molecule has 1 aromatic carbocycles. The van der Waals surface area contributed by atoms with Crippen LogP contribution in [0.3, 0.4) is 0 Å². The maximum atomic E-state index is 10.7. The van der Waals surface area contributed by atoms with E-state index in [1.165, 1.54) is 12.1 Å². The van der Waals surface area contributed by atoms with Crippen LogP contribution in [-0.4, -0.2) is 26.2 Å². The van der Waals surface area contributed by atoms with Gasteiger partial charge < -0.3 is 15.2 Å². The zero-order valence-corrected chi connectivity index (χ0v) is 8.06. The van der Waals surface area contributed by atoms with E-state index in [1.54, 1.807) is 13.0 Å². The first kappa shape index (κ1) is 9.67. The van der Waals surface area contributed by atoms with Gasteiger partial charge in [0, 0.05) is 0 Å². The summed E-state index contributed by atoms with van der Waals surface area (Å²) in [6.07, 6.45) is -0.689. The maximum absolute atomic E-state index is 10.7. The molecule has 5 heteroatoms. The SMILES string of the molecule is C[C@H](O)c1nc2ccc(C(=O)O)cc2[nH]1. The van der Waals surface area contributed by atoms with Crippen molar-refractivity contribution in [2.75, 3.05) is 0 Å². The molecule has 0 saturated carbocycles. The zero-order valence-electron chi connectivity index (χ0n) is 8.06. The van der Waals surface area contributed by atoms with Gasteiger partial charge in [0.1, 0.15) is 11.9 Å². The monoisotopic (exact) mass is 206 g/mol. The summed E-state index contributed by atoms with van der Waals surface area (Å²) in [7, 11) is 0. The van der Waals surface area contributed by atoms with Gasteiger partial charge >= 0.3 is 5.97 Å². The smallest absolute Gasteiger partial charge is 0.335 e. The molecule has 0 aliphatic carbocycles. The normalized spacial score (nSPS) is 12.9. The quantitative estimate of drug-likeness (QED) is 0.691. The molecule has 2 rings (SSSR count). The fourth-order valence-corrected chi connectivity index (χ4v) is 1.36. The number of H-pyrrole nitrogens is 1. The molecule has 0 amide bonds. The van der Waals surface area contributed by atoms with Gasteiger partial charge in [0.2, 0.25) is 0 Å². The number of aromatic nitrogens is 2. The molecule has 1 heterocycles. The Morgan fingerprint density at radius 1 is 1.53 bits per heavy atom. The standard InChI is InChI=1S/C10H10N2O3/c1-5(13)9-11-7-3-2-6(10(14)15)4-8(7)12-9/h2-5,13H,1H3,(H,11,12)(H,14,15)/t5-/m0/s1. The van der Waals surface area contributed by atoms with Crippen molar-refractivity contribution in [2.24, 2.45) is 0 Å². The van der Waals surface area contributed by atoms with Crippen LogP contribution in [0.15, 0.2) is 18.2 Å². The van der Waals surface area contributed by atoms with E-state index in [0.29, 0.717) is 16.9 Å². The molecule has 0 unspecified atom stereocenters. The summed E-state index contributed by atoms with van der Waals surface area (Å²) in [6.45, 7) is 1.59. The van der Waals surface area contributed by atoms with Crippen LogP contribution in [0.2, 0.25) is 0 Å². The van der Waals surface area contributed by atoms with Crippen LogP contribution in [-0.2, 0) is 0 Å². The summed E-state index contributed by atoms with van der Waals surface area (Å²) in [5.41, 5.74) is 1.46. The van der Waals surface area contributed by atoms with Gasteiger partial charge in [-0.05, 0) is 25.1 Å². The van der Waals surface area contributed by atoms with Crippen molar-refractivity contribution in [3.63, 3.8) is 0 Å². The number of imidazole rings is 1. The van der Waals surface area contributed by atoms with Gasteiger partial charge in [-0.3, -0.25) is 0 Å². The molecule has 0 fully saturated rings. The first-order valence-corrected chi connectivity index (χ1v) is 4.49. The van der Waals surface area contributed by atoms with Crippen molar-refractivity contribution in [1.82, 2.24) is 9.97 Å². The van der Waals surface area contributed by atoms with Gasteiger partial charge in [-0.2, -0.15) is 0 Å². The number of nitrogens with one attached hydrogen (secondary N) is 1. The van der Waals surface area contributed by atoms with Crippen LogP contribution >= 0.6 is 0 Å². The Bertz CT molecular complexity index is 516. The second-order valence-electron chi connectivity index (χ2n) is 3.34. The third-order valence-electron chi connectivity index (χ3n) is 2.14. The van der Waals surface area contributed by atoms with Gasteiger partial charge in [-0.1, -0.05) is 0 Å². The van der Waals surface area contributed by atoms with Crippen LogP contribution in [0, 0.1) is 0 Å². The molecular weight excluding hydrogens is 196 g/mol. The summed E-state index contributed by atoms with van der Waals surface area (Å²) in [6, 6.07) is 4.59. The Hall–Kier alpha value is -1.88. The Kier molecular flexibility index (Phi) is 2.17. The highest BCUT2D eigenvalue weighted by Gasteiger charge is 2.09. The van der Waals surface area contributed by atoms with Crippen LogP contribution < -0.4 is 0 Å². The third-order valence-corrected chi connectivity index (χ3v) is 2.14. The average molecular weight is 206 g/mol. The van der Waals surface area contributed by atoms with Crippen LogP contribution in [0.1, 0.15) is 29.2 Å². The molecule has 5 nitrogen and oxygen atoms in total. The highest BCUT2D eigenvalue weighted by atomic mass is 16.4. The first-order valence-electron chi connectivity index (χ1n) is 4.49. The molecule has 0 bridgehead atoms. The number of rotatable bonds is 2. The molecule has 0 aliphatic rings.